The quantitative estimate of drug-likeness (QED) is 0.692. The molecule has 0 radical (unpaired) electrons. The van der Waals surface area contributed by atoms with Gasteiger partial charge in [0.05, 0.1) is 13.8 Å². The molecule has 0 aliphatic rings. The lowest BCUT2D eigenvalue weighted by Gasteiger charge is -2.16. The third-order valence-electron chi connectivity index (χ3n) is 1.89. The monoisotopic (exact) mass is 180 g/mol. The van der Waals surface area contributed by atoms with Crippen molar-refractivity contribution in [2.45, 2.75) is 26.2 Å². The van der Waals surface area contributed by atoms with Crippen LogP contribution in [0.2, 0.25) is 19.6 Å². The molecule has 2 nitrogen and oxygen atoms in total. The van der Waals surface area contributed by atoms with Crippen molar-refractivity contribution in [1.29, 1.82) is 0 Å². The van der Waals surface area contributed by atoms with Crippen molar-refractivity contribution >= 4 is 13.3 Å². The minimum Gasteiger partial charge on any atom is -0.325 e. The first-order valence-electron chi connectivity index (χ1n) is 4.19. The van der Waals surface area contributed by atoms with Gasteiger partial charge >= 0.3 is 0 Å². The molecule has 1 aromatic rings. The fraction of sp³-hybridized carbons (Fsp3) is 0.444. The lowest BCUT2D eigenvalue weighted by molar-refractivity contribution is 0.993. The van der Waals surface area contributed by atoms with Gasteiger partial charge in [-0.3, -0.25) is 4.98 Å². The van der Waals surface area contributed by atoms with Crippen LogP contribution in [-0.2, 0) is 6.54 Å². The van der Waals surface area contributed by atoms with Gasteiger partial charge in [-0.15, -0.1) is 0 Å². The molecule has 2 N–H and O–H groups in total. The summed E-state index contributed by atoms with van der Waals surface area (Å²) in [5.41, 5.74) is 6.51. The predicted molar refractivity (Wildman–Crippen MR) is 55.1 cm³/mol. The molecule has 0 bridgehead atoms. The minimum atomic E-state index is -1.18. The summed E-state index contributed by atoms with van der Waals surface area (Å²) in [5.74, 6) is 0. The number of aromatic nitrogens is 1. The molecule has 0 atom stereocenters. The summed E-state index contributed by atoms with van der Waals surface area (Å²) in [4.78, 5) is 4.17. The molecule has 1 aromatic heterocycles. The van der Waals surface area contributed by atoms with E-state index in [1.165, 1.54) is 5.19 Å². The van der Waals surface area contributed by atoms with E-state index in [0.29, 0.717) is 6.54 Å². The second kappa shape index (κ2) is 3.37. The Labute approximate surface area is 74.8 Å². The van der Waals surface area contributed by atoms with E-state index >= 15 is 0 Å². The van der Waals surface area contributed by atoms with E-state index in [1.807, 2.05) is 6.20 Å². The summed E-state index contributed by atoms with van der Waals surface area (Å²) < 4.78 is 0. The van der Waals surface area contributed by atoms with E-state index in [1.54, 1.807) is 0 Å². The molecule has 0 fully saturated rings. The van der Waals surface area contributed by atoms with Gasteiger partial charge in [0, 0.05) is 12.7 Å². The topological polar surface area (TPSA) is 38.9 Å². The summed E-state index contributed by atoms with van der Waals surface area (Å²) in [7, 11) is -1.18. The van der Waals surface area contributed by atoms with Gasteiger partial charge in [-0.05, 0) is 12.1 Å². The highest BCUT2D eigenvalue weighted by molar-refractivity contribution is 6.88. The Hall–Kier alpha value is -0.673. The van der Waals surface area contributed by atoms with Crippen LogP contribution in [0.25, 0.3) is 0 Å². The van der Waals surface area contributed by atoms with Crippen LogP contribution in [0.15, 0.2) is 18.3 Å². The average Bonchev–Trinajstić information content (AvgIpc) is 2.03. The van der Waals surface area contributed by atoms with E-state index in [-0.39, 0.29) is 0 Å². The third-order valence-corrected chi connectivity index (χ3v) is 3.93. The molecule has 0 aliphatic heterocycles. The second-order valence-electron chi connectivity index (χ2n) is 3.99. The van der Waals surface area contributed by atoms with Crippen LogP contribution in [0.1, 0.15) is 5.69 Å². The van der Waals surface area contributed by atoms with Crippen molar-refractivity contribution in [2.75, 3.05) is 0 Å². The van der Waals surface area contributed by atoms with Crippen LogP contribution in [0, 0.1) is 0 Å². The van der Waals surface area contributed by atoms with Crippen molar-refractivity contribution in [3.63, 3.8) is 0 Å². The van der Waals surface area contributed by atoms with E-state index in [4.69, 9.17) is 5.73 Å². The molecular weight excluding hydrogens is 164 g/mol. The van der Waals surface area contributed by atoms with Crippen molar-refractivity contribution in [2.24, 2.45) is 5.73 Å². The Kier molecular flexibility index (Phi) is 2.64. The molecule has 0 aromatic carbocycles. The standard InChI is InChI=1S/C9H16N2Si/c1-12(2,3)9-4-5-11-8(6-9)7-10/h4-6H,7,10H2,1-3H3. The lowest BCUT2D eigenvalue weighted by atomic mass is 10.3. The summed E-state index contributed by atoms with van der Waals surface area (Å²) in [6.45, 7) is 7.51. The van der Waals surface area contributed by atoms with E-state index in [2.05, 4.69) is 36.8 Å². The minimum absolute atomic E-state index is 0.540. The number of hydrogen-bond donors (Lipinski definition) is 1. The highest BCUT2D eigenvalue weighted by Crippen LogP contribution is 2.02. The van der Waals surface area contributed by atoms with Crippen molar-refractivity contribution in [1.82, 2.24) is 4.98 Å². The van der Waals surface area contributed by atoms with Crippen LogP contribution >= 0.6 is 0 Å². The fourth-order valence-corrected chi connectivity index (χ4v) is 2.23. The van der Waals surface area contributed by atoms with E-state index in [0.717, 1.165) is 5.69 Å². The Bertz CT molecular complexity index is 265. The number of rotatable bonds is 2. The van der Waals surface area contributed by atoms with Gasteiger partial charge in [-0.25, -0.2) is 0 Å². The van der Waals surface area contributed by atoms with Gasteiger partial charge in [0.15, 0.2) is 0 Å². The van der Waals surface area contributed by atoms with Gasteiger partial charge in [-0.1, -0.05) is 24.8 Å². The Morgan fingerprint density at radius 2 is 2.08 bits per heavy atom. The molecule has 1 heterocycles. The van der Waals surface area contributed by atoms with Gasteiger partial charge in [0.1, 0.15) is 0 Å². The van der Waals surface area contributed by atoms with E-state index in [9.17, 15) is 0 Å². The van der Waals surface area contributed by atoms with Crippen molar-refractivity contribution < 1.29 is 0 Å². The van der Waals surface area contributed by atoms with Crippen LogP contribution in [0.5, 0.6) is 0 Å². The maximum absolute atomic E-state index is 5.51. The Morgan fingerprint density at radius 3 is 2.58 bits per heavy atom. The number of hydrogen-bond acceptors (Lipinski definition) is 2. The molecule has 0 spiro atoms. The molecule has 0 unspecified atom stereocenters. The van der Waals surface area contributed by atoms with Crippen molar-refractivity contribution in [3.8, 4) is 0 Å². The molecule has 12 heavy (non-hydrogen) atoms. The van der Waals surface area contributed by atoms with Gasteiger partial charge < -0.3 is 5.73 Å². The Morgan fingerprint density at radius 1 is 1.42 bits per heavy atom. The maximum atomic E-state index is 5.51. The summed E-state index contributed by atoms with van der Waals surface area (Å²) in [6.07, 6.45) is 1.86. The molecular formula is C9H16N2Si. The molecule has 0 amide bonds. The number of nitrogens with two attached hydrogens (primary N) is 1. The average molecular weight is 180 g/mol. The first kappa shape index (κ1) is 9.42. The molecule has 0 saturated carbocycles. The Balaban J connectivity index is 3.02. The van der Waals surface area contributed by atoms with Crippen molar-refractivity contribution in [3.05, 3.63) is 24.0 Å². The molecule has 0 aliphatic carbocycles. The fourth-order valence-electron chi connectivity index (χ4n) is 1.06. The van der Waals surface area contributed by atoms with Crippen LogP contribution in [0.3, 0.4) is 0 Å². The summed E-state index contributed by atoms with van der Waals surface area (Å²) >= 11 is 0. The maximum Gasteiger partial charge on any atom is 0.0777 e. The number of nitrogens with zero attached hydrogens (tertiary/aromatic N) is 1. The van der Waals surface area contributed by atoms with Crippen LogP contribution < -0.4 is 10.9 Å². The highest BCUT2D eigenvalue weighted by Gasteiger charge is 2.16. The SMILES string of the molecule is C[Si](C)(C)c1ccnc(CN)c1. The van der Waals surface area contributed by atoms with Crippen LogP contribution in [-0.4, -0.2) is 13.1 Å². The molecule has 3 heteroatoms. The molecule has 66 valence electrons. The summed E-state index contributed by atoms with van der Waals surface area (Å²) in [6, 6.07) is 4.23. The van der Waals surface area contributed by atoms with Gasteiger partial charge in [-0.2, -0.15) is 0 Å². The zero-order valence-electron chi connectivity index (χ0n) is 7.96. The lowest BCUT2D eigenvalue weighted by Crippen LogP contribution is -2.37. The third kappa shape index (κ3) is 2.15. The van der Waals surface area contributed by atoms with Crippen LogP contribution in [0.4, 0.5) is 0 Å². The second-order valence-corrected chi connectivity index (χ2v) is 9.07. The molecule has 1 rings (SSSR count). The summed E-state index contributed by atoms with van der Waals surface area (Å²) in [5, 5.41) is 1.43. The normalized spacial score (nSPS) is 11.7. The predicted octanol–water partition coefficient (Wildman–Crippen LogP) is 1.09. The zero-order chi connectivity index (χ0) is 9.19. The molecule has 0 saturated heterocycles. The highest BCUT2D eigenvalue weighted by atomic mass is 28.3. The van der Waals surface area contributed by atoms with Gasteiger partial charge in [0.25, 0.3) is 0 Å². The van der Waals surface area contributed by atoms with Gasteiger partial charge in [0.2, 0.25) is 0 Å². The van der Waals surface area contributed by atoms with E-state index < -0.39 is 8.07 Å². The smallest absolute Gasteiger partial charge is 0.0777 e. The number of pyridine rings is 1. The first-order valence-corrected chi connectivity index (χ1v) is 7.69. The largest absolute Gasteiger partial charge is 0.325 e. The first-order chi connectivity index (χ1) is 5.54. The zero-order valence-corrected chi connectivity index (χ0v) is 8.96.